The number of anilines is 2. The Morgan fingerprint density at radius 2 is 1.75 bits per heavy atom. The van der Waals surface area contributed by atoms with Crippen LogP contribution in [0.25, 0.3) is 0 Å². The van der Waals surface area contributed by atoms with Gasteiger partial charge in [-0.1, -0.05) is 23.7 Å². The third-order valence-corrected chi connectivity index (χ3v) is 2.65. The summed E-state index contributed by atoms with van der Waals surface area (Å²) >= 11 is 5.79. The number of halogens is 1. The number of nitrogens with zero attached hydrogens (tertiary/aromatic N) is 1. The topological polar surface area (TPSA) is 71.1 Å². The zero-order valence-corrected chi connectivity index (χ0v) is 11.4. The quantitative estimate of drug-likeness (QED) is 0.835. The van der Waals surface area contributed by atoms with Crippen molar-refractivity contribution in [3.05, 3.63) is 53.2 Å². The summed E-state index contributed by atoms with van der Waals surface area (Å²) in [6, 6.07) is 11.7. The van der Waals surface area contributed by atoms with Crippen LogP contribution in [0.3, 0.4) is 0 Å². The number of carbonyl (C=O) groups excluding carboxylic acids is 2. The van der Waals surface area contributed by atoms with Crippen molar-refractivity contribution in [2.75, 3.05) is 10.6 Å². The average Bonchev–Trinajstić information content (AvgIpc) is 2.38. The molecule has 0 bridgehead atoms. The SMILES string of the molecule is Cc1cccc(NC(=O)C(=O)Nc2cccc(Cl)c2)n1. The van der Waals surface area contributed by atoms with Crippen LogP contribution in [0, 0.1) is 6.92 Å². The number of hydrogen-bond acceptors (Lipinski definition) is 3. The van der Waals surface area contributed by atoms with E-state index in [-0.39, 0.29) is 0 Å². The van der Waals surface area contributed by atoms with Crippen LogP contribution >= 0.6 is 11.6 Å². The largest absolute Gasteiger partial charge is 0.318 e. The molecule has 0 saturated carbocycles. The molecule has 0 radical (unpaired) electrons. The minimum atomic E-state index is -0.789. The Balaban J connectivity index is 2.01. The lowest BCUT2D eigenvalue weighted by Crippen LogP contribution is -2.29. The van der Waals surface area contributed by atoms with Gasteiger partial charge in [-0.05, 0) is 37.3 Å². The summed E-state index contributed by atoms with van der Waals surface area (Å²) in [4.78, 5) is 27.5. The van der Waals surface area contributed by atoms with Gasteiger partial charge in [0.25, 0.3) is 0 Å². The molecule has 0 saturated heterocycles. The van der Waals surface area contributed by atoms with Gasteiger partial charge in [0.15, 0.2) is 0 Å². The monoisotopic (exact) mass is 289 g/mol. The molecule has 0 unspecified atom stereocenters. The Hall–Kier alpha value is -2.40. The summed E-state index contributed by atoms with van der Waals surface area (Å²) < 4.78 is 0. The van der Waals surface area contributed by atoms with Gasteiger partial charge >= 0.3 is 11.8 Å². The third-order valence-electron chi connectivity index (χ3n) is 2.42. The molecule has 0 aliphatic rings. The second-order valence-corrected chi connectivity index (χ2v) is 4.52. The number of nitrogens with one attached hydrogen (secondary N) is 2. The van der Waals surface area contributed by atoms with E-state index in [4.69, 9.17) is 11.6 Å². The number of pyridine rings is 1. The fourth-order valence-corrected chi connectivity index (χ4v) is 1.73. The van der Waals surface area contributed by atoms with Crippen LogP contribution in [0.4, 0.5) is 11.5 Å². The molecule has 2 aromatic rings. The first-order chi connectivity index (χ1) is 9.54. The Morgan fingerprint density at radius 3 is 2.45 bits per heavy atom. The highest BCUT2D eigenvalue weighted by Gasteiger charge is 2.14. The van der Waals surface area contributed by atoms with E-state index in [9.17, 15) is 9.59 Å². The Morgan fingerprint density at radius 1 is 1.05 bits per heavy atom. The van der Waals surface area contributed by atoms with Crippen LogP contribution in [0.15, 0.2) is 42.5 Å². The van der Waals surface area contributed by atoms with Gasteiger partial charge in [0, 0.05) is 16.4 Å². The first-order valence-electron chi connectivity index (χ1n) is 5.86. The maximum absolute atomic E-state index is 11.7. The van der Waals surface area contributed by atoms with Crippen LogP contribution in [-0.4, -0.2) is 16.8 Å². The van der Waals surface area contributed by atoms with Gasteiger partial charge in [-0.3, -0.25) is 9.59 Å². The molecule has 0 fully saturated rings. The van der Waals surface area contributed by atoms with E-state index in [1.54, 1.807) is 49.4 Å². The van der Waals surface area contributed by atoms with E-state index < -0.39 is 11.8 Å². The van der Waals surface area contributed by atoms with Gasteiger partial charge in [0.05, 0.1) is 0 Å². The summed E-state index contributed by atoms with van der Waals surface area (Å²) in [5, 5.41) is 5.35. The van der Waals surface area contributed by atoms with Crippen LogP contribution < -0.4 is 10.6 Å². The molecule has 6 heteroatoms. The van der Waals surface area contributed by atoms with Crippen LogP contribution in [0.1, 0.15) is 5.69 Å². The first-order valence-corrected chi connectivity index (χ1v) is 6.24. The van der Waals surface area contributed by atoms with E-state index in [1.165, 1.54) is 0 Å². The maximum atomic E-state index is 11.7. The second kappa shape index (κ2) is 6.16. The first kappa shape index (κ1) is 14.0. The van der Waals surface area contributed by atoms with E-state index in [0.29, 0.717) is 16.5 Å². The number of aromatic nitrogens is 1. The lowest BCUT2D eigenvalue weighted by molar-refractivity contribution is -0.133. The van der Waals surface area contributed by atoms with Crippen molar-refractivity contribution in [2.45, 2.75) is 6.92 Å². The second-order valence-electron chi connectivity index (χ2n) is 4.08. The fourth-order valence-electron chi connectivity index (χ4n) is 1.54. The van der Waals surface area contributed by atoms with Crippen molar-refractivity contribution in [1.29, 1.82) is 0 Å². The predicted octanol–water partition coefficient (Wildman–Crippen LogP) is 2.62. The Bertz CT molecular complexity index is 601. The maximum Gasteiger partial charge on any atom is 0.315 e. The summed E-state index contributed by atoms with van der Waals surface area (Å²) in [5.41, 5.74) is 1.20. The van der Waals surface area contributed by atoms with Crippen molar-refractivity contribution in [2.24, 2.45) is 0 Å². The zero-order chi connectivity index (χ0) is 14.5. The zero-order valence-electron chi connectivity index (χ0n) is 10.7. The van der Waals surface area contributed by atoms with Crippen LogP contribution in [0.2, 0.25) is 5.02 Å². The highest BCUT2D eigenvalue weighted by molar-refractivity contribution is 6.43. The fraction of sp³-hybridized carbons (Fsp3) is 0.0714. The number of carbonyl (C=O) groups is 2. The molecule has 1 aromatic carbocycles. The molecule has 0 atom stereocenters. The third kappa shape index (κ3) is 3.80. The Kier molecular flexibility index (Phi) is 4.32. The van der Waals surface area contributed by atoms with Crippen molar-refractivity contribution in [1.82, 2.24) is 4.98 Å². The molecule has 1 heterocycles. The lowest BCUT2D eigenvalue weighted by atomic mass is 10.3. The van der Waals surface area contributed by atoms with E-state index in [0.717, 1.165) is 5.69 Å². The summed E-state index contributed by atoms with van der Waals surface area (Å²) in [5.74, 6) is -1.24. The molecule has 0 aliphatic heterocycles. The van der Waals surface area contributed by atoms with Gasteiger partial charge in [0.1, 0.15) is 5.82 Å². The van der Waals surface area contributed by atoms with Crippen LogP contribution in [-0.2, 0) is 9.59 Å². The molecular weight excluding hydrogens is 278 g/mol. The summed E-state index contributed by atoms with van der Waals surface area (Å²) in [6.07, 6.45) is 0. The van der Waals surface area contributed by atoms with Crippen molar-refractivity contribution in [3.8, 4) is 0 Å². The van der Waals surface area contributed by atoms with E-state index in [1.807, 2.05) is 0 Å². The predicted molar refractivity (Wildman–Crippen MR) is 77.7 cm³/mol. The minimum Gasteiger partial charge on any atom is -0.318 e. The molecule has 2 amide bonds. The summed E-state index contributed by atoms with van der Waals surface area (Å²) in [6.45, 7) is 1.79. The molecule has 20 heavy (non-hydrogen) atoms. The number of amides is 2. The highest BCUT2D eigenvalue weighted by Crippen LogP contribution is 2.14. The molecule has 1 aromatic heterocycles. The van der Waals surface area contributed by atoms with Gasteiger partial charge < -0.3 is 10.6 Å². The molecular formula is C14H12ClN3O2. The highest BCUT2D eigenvalue weighted by atomic mass is 35.5. The Labute approximate surface area is 121 Å². The van der Waals surface area contributed by atoms with Gasteiger partial charge in [0.2, 0.25) is 0 Å². The van der Waals surface area contributed by atoms with Crippen molar-refractivity contribution >= 4 is 34.9 Å². The number of benzene rings is 1. The molecule has 2 rings (SSSR count). The standard InChI is InChI=1S/C14H12ClN3O2/c1-9-4-2-7-12(16-9)18-14(20)13(19)17-11-6-3-5-10(15)8-11/h2-8H,1H3,(H,17,19)(H,16,18,20). The van der Waals surface area contributed by atoms with Crippen molar-refractivity contribution in [3.63, 3.8) is 0 Å². The number of aryl methyl sites for hydroxylation is 1. The van der Waals surface area contributed by atoms with E-state index >= 15 is 0 Å². The lowest BCUT2D eigenvalue weighted by Gasteiger charge is -2.06. The summed E-state index contributed by atoms with van der Waals surface area (Å²) in [7, 11) is 0. The number of hydrogen-bond donors (Lipinski definition) is 2. The smallest absolute Gasteiger partial charge is 0.315 e. The van der Waals surface area contributed by atoms with Crippen molar-refractivity contribution < 1.29 is 9.59 Å². The molecule has 0 aliphatic carbocycles. The molecule has 0 spiro atoms. The minimum absolute atomic E-state index is 0.330. The molecule has 5 nitrogen and oxygen atoms in total. The van der Waals surface area contributed by atoms with Crippen LogP contribution in [0.5, 0.6) is 0 Å². The molecule has 102 valence electrons. The normalized spacial score (nSPS) is 9.90. The average molecular weight is 290 g/mol. The number of rotatable bonds is 2. The van der Waals surface area contributed by atoms with Gasteiger partial charge in [-0.2, -0.15) is 0 Å². The van der Waals surface area contributed by atoms with Gasteiger partial charge in [-0.25, -0.2) is 4.98 Å². The van der Waals surface area contributed by atoms with E-state index in [2.05, 4.69) is 15.6 Å². The molecule has 2 N–H and O–H groups in total. The van der Waals surface area contributed by atoms with Gasteiger partial charge in [-0.15, -0.1) is 0 Å².